The van der Waals surface area contributed by atoms with Crippen LogP contribution in [0.5, 0.6) is 0 Å². The molecule has 2 atom stereocenters. The highest BCUT2D eigenvalue weighted by Crippen LogP contribution is 2.42. The highest BCUT2D eigenvalue weighted by Gasteiger charge is 2.52. The number of alkyl halides is 3. The molecule has 11 heteroatoms. The Morgan fingerprint density at radius 1 is 1.09 bits per heavy atom. The lowest BCUT2D eigenvalue weighted by atomic mass is 10.0. The first-order valence-corrected chi connectivity index (χ1v) is 11.0. The molecule has 0 aromatic heterocycles. The molecule has 2 aromatic rings. The van der Waals surface area contributed by atoms with E-state index in [0.29, 0.717) is 6.54 Å². The Bertz CT molecular complexity index is 1090. The first kappa shape index (κ1) is 22.7. The van der Waals surface area contributed by atoms with E-state index < -0.39 is 45.6 Å². The maximum atomic E-state index is 13.4. The van der Waals surface area contributed by atoms with E-state index in [1.165, 1.54) is 18.2 Å². The van der Waals surface area contributed by atoms with Crippen LogP contribution < -0.4 is 0 Å². The van der Waals surface area contributed by atoms with E-state index in [1.807, 2.05) is 35.2 Å². The largest absolute Gasteiger partial charge is 0.534 e. The summed E-state index contributed by atoms with van der Waals surface area (Å²) in [5.74, 6) is -0.933. The smallest absolute Gasteiger partial charge is 0.378 e. The van der Waals surface area contributed by atoms with Crippen LogP contribution in [0.25, 0.3) is 0 Å². The fourth-order valence-electron chi connectivity index (χ4n) is 3.76. The van der Waals surface area contributed by atoms with Crippen molar-refractivity contribution in [3.8, 4) is 0 Å². The maximum Gasteiger partial charge on any atom is 0.534 e. The first-order chi connectivity index (χ1) is 15.1. The predicted molar refractivity (Wildman–Crippen MR) is 105 cm³/mol. The van der Waals surface area contributed by atoms with Gasteiger partial charge >= 0.3 is 15.6 Å². The zero-order chi connectivity index (χ0) is 23.0. The summed E-state index contributed by atoms with van der Waals surface area (Å²) in [6.07, 6.45) is 1.21. The normalized spacial score (nSPS) is 24.5. The second kappa shape index (κ2) is 8.47. The topological polar surface area (TPSA) is 65.1 Å². The number of rotatable bonds is 5. The molecule has 0 bridgehead atoms. The number of ether oxygens (including phenoxy) is 2. The summed E-state index contributed by atoms with van der Waals surface area (Å²) in [6, 6.07) is 14.7. The van der Waals surface area contributed by atoms with Gasteiger partial charge in [-0.2, -0.15) is 21.6 Å². The molecule has 1 fully saturated rings. The highest BCUT2D eigenvalue weighted by atomic mass is 32.2. The molecule has 4 rings (SSSR count). The van der Waals surface area contributed by atoms with Crippen molar-refractivity contribution in [2.75, 3.05) is 19.8 Å². The zero-order valence-corrected chi connectivity index (χ0v) is 17.4. The van der Waals surface area contributed by atoms with Gasteiger partial charge in [-0.3, -0.25) is 4.90 Å². The molecule has 0 radical (unpaired) electrons. The Morgan fingerprint density at radius 3 is 2.44 bits per heavy atom. The predicted octanol–water partition coefficient (Wildman–Crippen LogP) is 3.88. The summed E-state index contributed by atoms with van der Waals surface area (Å²) in [4.78, 5) is 1.83. The average Bonchev–Trinajstić information content (AvgIpc) is 3.05. The molecule has 0 aliphatic carbocycles. The first-order valence-electron chi connectivity index (χ1n) is 9.60. The monoisotopic (exact) mass is 473 g/mol. The minimum absolute atomic E-state index is 0.0591. The highest BCUT2D eigenvalue weighted by molar-refractivity contribution is 7.87. The van der Waals surface area contributed by atoms with Gasteiger partial charge in [0.15, 0.2) is 5.72 Å². The van der Waals surface area contributed by atoms with E-state index in [4.69, 9.17) is 9.47 Å². The summed E-state index contributed by atoms with van der Waals surface area (Å²) < 4.78 is 90.4. The third kappa shape index (κ3) is 4.51. The van der Waals surface area contributed by atoms with E-state index in [9.17, 15) is 26.0 Å². The van der Waals surface area contributed by atoms with Crippen LogP contribution in [-0.2, 0) is 30.3 Å². The van der Waals surface area contributed by atoms with Crippen LogP contribution in [0.15, 0.2) is 66.4 Å². The van der Waals surface area contributed by atoms with Gasteiger partial charge in [0, 0.05) is 12.6 Å². The number of hydrogen-bond acceptors (Lipinski definition) is 6. The van der Waals surface area contributed by atoms with Crippen LogP contribution in [0.2, 0.25) is 0 Å². The van der Waals surface area contributed by atoms with Crippen molar-refractivity contribution in [2.45, 2.75) is 23.8 Å². The lowest BCUT2D eigenvalue weighted by Crippen LogP contribution is -2.50. The van der Waals surface area contributed by atoms with Gasteiger partial charge in [-0.1, -0.05) is 42.5 Å². The molecule has 6 nitrogen and oxygen atoms in total. The van der Waals surface area contributed by atoms with E-state index in [1.54, 1.807) is 12.1 Å². The SMILES string of the molecule is O=S(=O)(OC1=CC2(COC1)OC[C@H](c1ccc(F)cc1)N2Cc1ccccc1)C(F)(F)F. The van der Waals surface area contributed by atoms with E-state index in [0.717, 1.165) is 11.1 Å². The molecule has 2 heterocycles. The summed E-state index contributed by atoms with van der Waals surface area (Å²) >= 11 is 0. The van der Waals surface area contributed by atoms with Gasteiger partial charge in [0.2, 0.25) is 0 Å². The lowest BCUT2D eigenvalue weighted by Gasteiger charge is -2.39. The molecule has 2 aliphatic rings. The second-order valence-corrected chi connectivity index (χ2v) is 8.96. The molecule has 0 N–H and O–H groups in total. The summed E-state index contributed by atoms with van der Waals surface area (Å²) in [6.45, 7) is -0.0864. The molecule has 2 aliphatic heterocycles. The second-order valence-electron chi connectivity index (χ2n) is 7.42. The molecule has 0 amide bonds. The summed E-state index contributed by atoms with van der Waals surface area (Å²) in [7, 11) is -5.85. The lowest BCUT2D eigenvalue weighted by molar-refractivity contribution is -0.116. The minimum atomic E-state index is -5.85. The molecular formula is C21H19F4NO5S. The quantitative estimate of drug-likeness (QED) is 0.373. The van der Waals surface area contributed by atoms with Crippen LogP contribution in [0.1, 0.15) is 17.2 Å². The average molecular weight is 473 g/mol. The Morgan fingerprint density at radius 2 is 1.78 bits per heavy atom. The Kier molecular flexibility index (Phi) is 6.01. The van der Waals surface area contributed by atoms with Crippen molar-refractivity contribution < 1.29 is 39.6 Å². The molecule has 172 valence electrons. The van der Waals surface area contributed by atoms with Crippen LogP contribution in [0.3, 0.4) is 0 Å². The Labute approximate surface area is 182 Å². The van der Waals surface area contributed by atoms with Crippen molar-refractivity contribution >= 4 is 10.1 Å². The molecule has 0 saturated carbocycles. The van der Waals surface area contributed by atoms with Crippen LogP contribution in [0, 0.1) is 5.82 Å². The van der Waals surface area contributed by atoms with Crippen LogP contribution in [-0.4, -0.2) is 44.4 Å². The number of halogens is 4. The third-order valence-corrected chi connectivity index (χ3v) is 6.24. The number of hydrogen-bond donors (Lipinski definition) is 0. The van der Waals surface area contributed by atoms with Gasteiger partial charge in [-0.25, -0.2) is 4.39 Å². The van der Waals surface area contributed by atoms with Crippen LogP contribution in [0.4, 0.5) is 17.6 Å². The number of nitrogens with zero attached hydrogens (tertiary/aromatic N) is 1. The summed E-state index contributed by atoms with van der Waals surface area (Å²) in [5, 5.41) is 0. The summed E-state index contributed by atoms with van der Waals surface area (Å²) in [5.41, 5.74) is -5.34. The zero-order valence-electron chi connectivity index (χ0n) is 16.6. The minimum Gasteiger partial charge on any atom is -0.378 e. The van der Waals surface area contributed by atoms with Crippen molar-refractivity contribution in [1.82, 2.24) is 4.90 Å². The molecule has 1 spiro atoms. The van der Waals surface area contributed by atoms with Crippen molar-refractivity contribution in [3.05, 3.63) is 83.4 Å². The Balaban J connectivity index is 1.71. The van der Waals surface area contributed by atoms with Crippen molar-refractivity contribution in [2.24, 2.45) is 0 Å². The van der Waals surface area contributed by atoms with E-state index >= 15 is 0 Å². The fourth-order valence-corrected chi connectivity index (χ4v) is 4.24. The standard InChI is InChI=1S/C21H19F4NO5S/c22-17-8-6-16(7-9-17)19-13-30-20(26(19)11-15-4-2-1-3-5-15)10-18(12-29-14-20)31-32(27,28)21(23,24)25/h1-10,19H,11-14H2/t19-,20?/m1/s1. The Hall–Kier alpha value is -2.47. The number of benzene rings is 2. The molecule has 32 heavy (non-hydrogen) atoms. The molecular weight excluding hydrogens is 454 g/mol. The van der Waals surface area contributed by atoms with Gasteiger partial charge in [-0.15, -0.1) is 0 Å². The third-order valence-electron chi connectivity index (χ3n) is 5.24. The van der Waals surface area contributed by atoms with Crippen molar-refractivity contribution in [3.63, 3.8) is 0 Å². The fraction of sp³-hybridized carbons (Fsp3) is 0.333. The molecule has 1 saturated heterocycles. The van der Waals surface area contributed by atoms with E-state index in [2.05, 4.69) is 4.18 Å². The van der Waals surface area contributed by atoms with Gasteiger partial charge in [0.1, 0.15) is 18.2 Å². The van der Waals surface area contributed by atoms with E-state index in [-0.39, 0.29) is 13.2 Å². The molecule has 2 aromatic carbocycles. The van der Waals surface area contributed by atoms with Gasteiger partial charge in [-0.05, 0) is 23.3 Å². The van der Waals surface area contributed by atoms with Crippen molar-refractivity contribution in [1.29, 1.82) is 0 Å². The van der Waals surface area contributed by atoms with Gasteiger partial charge < -0.3 is 13.7 Å². The van der Waals surface area contributed by atoms with Crippen LogP contribution >= 0.6 is 0 Å². The van der Waals surface area contributed by atoms with Gasteiger partial charge in [0.25, 0.3) is 0 Å². The van der Waals surface area contributed by atoms with Gasteiger partial charge in [0.05, 0.1) is 19.3 Å². The maximum absolute atomic E-state index is 13.4. The molecule has 1 unspecified atom stereocenters.